The molecule has 1 atom stereocenters. The first-order chi connectivity index (χ1) is 14.1. The third kappa shape index (κ3) is 2.39. The molecule has 8 nitrogen and oxygen atoms in total. The number of carbonyl (C=O) groups excluding carboxylic acids is 1. The van der Waals surface area contributed by atoms with E-state index in [-0.39, 0.29) is 5.69 Å². The van der Waals surface area contributed by atoms with Gasteiger partial charge in [-0.3, -0.25) is 19.8 Å². The van der Waals surface area contributed by atoms with Crippen LogP contribution < -0.4 is 10.2 Å². The minimum atomic E-state index is -1.59. The number of benzene rings is 3. The molecule has 0 aliphatic carbocycles. The fourth-order valence-electron chi connectivity index (χ4n) is 3.69. The molecule has 2 aliphatic rings. The minimum Gasteiger partial charge on any atom is -0.349 e. The summed E-state index contributed by atoms with van der Waals surface area (Å²) in [5.74, 6) is -0.0298. The zero-order valence-electron chi connectivity index (χ0n) is 15.0. The molecular weight excluding hydrogens is 372 g/mol. The third-order valence-electron chi connectivity index (χ3n) is 4.97. The van der Waals surface area contributed by atoms with Gasteiger partial charge in [-0.15, -0.1) is 0 Å². The number of nitrogens with zero attached hydrogens (tertiary/aromatic N) is 3. The third-order valence-corrected chi connectivity index (χ3v) is 4.97. The van der Waals surface area contributed by atoms with Crippen LogP contribution in [-0.4, -0.2) is 16.7 Å². The van der Waals surface area contributed by atoms with Crippen molar-refractivity contribution in [3.05, 3.63) is 100 Å². The van der Waals surface area contributed by atoms with Crippen molar-refractivity contribution >= 4 is 28.8 Å². The molecular formula is C21H14N4O4. The number of amides is 1. The van der Waals surface area contributed by atoms with Crippen LogP contribution in [0, 0.1) is 10.1 Å². The maximum Gasteiger partial charge on any atom is 0.322 e. The molecule has 0 saturated heterocycles. The van der Waals surface area contributed by atoms with Crippen LogP contribution in [0.2, 0.25) is 0 Å². The lowest BCUT2D eigenvalue weighted by Crippen LogP contribution is -2.51. The summed E-state index contributed by atoms with van der Waals surface area (Å²) in [5.41, 5.74) is 0.656. The number of hydrogen-bond acceptors (Lipinski definition) is 6. The van der Waals surface area contributed by atoms with Gasteiger partial charge >= 0.3 is 5.72 Å². The molecule has 1 unspecified atom stereocenters. The molecule has 0 aromatic heterocycles. The van der Waals surface area contributed by atoms with E-state index in [0.29, 0.717) is 28.3 Å². The van der Waals surface area contributed by atoms with Crippen LogP contribution in [0.4, 0.5) is 17.1 Å². The predicted octanol–water partition coefficient (Wildman–Crippen LogP) is 3.60. The molecule has 2 heterocycles. The van der Waals surface area contributed by atoms with E-state index in [4.69, 9.17) is 4.84 Å². The zero-order valence-corrected chi connectivity index (χ0v) is 15.0. The molecule has 1 spiro atoms. The summed E-state index contributed by atoms with van der Waals surface area (Å²) in [6.45, 7) is 0. The van der Waals surface area contributed by atoms with Gasteiger partial charge in [0.2, 0.25) is 0 Å². The van der Waals surface area contributed by atoms with E-state index in [1.807, 2.05) is 36.4 Å². The Morgan fingerprint density at radius 2 is 1.76 bits per heavy atom. The number of hydrogen-bond donors (Lipinski definition) is 1. The summed E-state index contributed by atoms with van der Waals surface area (Å²) >= 11 is 0. The van der Waals surface area contributed by atoms with Crippen molar-refractivity contribution in [3.63, 3.8) is 0 Å². The highest BCUT2D eigenvalue weighted by molar-refractivity contribution is 6.19. The number of amidine groups is 1. The molecule has 29 heavy (non-hydrogen) atoms. The second-order valence-electron chi connectivity index (χ2n) is 6.63. The van der Waals surface area contributed by atoms with Crippen molar-refractivity contribution in [2.75, 3.05) is 10.2 Å². The monoisotopic (exact) mass is 386 g/mol. The molecule has 142 valence electrons. The molecule has 2 aliphatic heterocycles. The Bertz CT molecular complexity index is 1180. The standard InChI is InChI=1S/C21H14N4O4/c26-20-21(17-11-4-5-12-18(17)22-20)24(15-9-6-10-16(13-15)25(27)28)19(23-29-21)14-7-2-1-3-8-14/h1-13H,(H,22,26). The number of nitro groups is 1. The SMILES string of the molecule is O=C1Nc2ccccc2C12ON=C(c1ccccc1)N2c1cccc([N+](=O)[O-])c1. The summed E-state index contributed by atoms with van der Waals surface area (Å²) in [7, 11) is 0. The zero-order chi connectivity index (χ0) is 20.0. The number of non-ortho nitro benzene ring substituents is 1. The number of carbonyl (C=O) groups is 1. The Hall–Kier alpha value is -4.20. The smallest absolute Gasteiger partial charge is 0.322 e. The summed E-state index contributed by atoms with van der Waals surface area (Å²) in [5, 5.41) is 18.4. The number of oxime groups is 1. The highest BCUT2D eigenvalue weighted by atomic mass is 16.7. The first-order valence-corrected chi connectivity index (χ1v) is 8.88. The molecule has 3 aromatic carbocycles. The van der Waals surface area contributed by atoms with Crippen molar-refractivity contribution in [3.8, 4) is 0 Å². The van der Waals surface area contributed by atoms with Gasteiger partial charge in [0, 0.05) is 17.7 Å². The first-order valence-electron chi connectivity index (χ1n) is 8.88. The van der Waals surface area contributed by atoms with Gasteiger partial charge in [-0.2, -0.15) is 0 Å². The molecule has 8 heteroatoms. The molecule has 0 bridgehead atoms. The fraction of sp³-hybridized carbons (Fsp3) is 0.0476. The summed E-state index contributed by atoms with van der Waals surface area (Å²) in [6, 6.07) is 22.5. The van der Waals surface area contributed by atoms with Crippen molar-refractivity contribution in [1.82, 2.24) is 0 Å². The largest absolute Gasteiger partial charge is 0.349 e. The van der Waals surface area contributed by atoms with Crippen molar-refractivity contribution in [2.24, 2.45) is 5.16 Å². The van der Waals surface area contributed by atoms with E-state index < -0.39 is 16.6 Å². The average molecular weight is 386 g/mol. The van der Waals surface area contributed by atoms with Crippen LogP contribution in [0.25, 0.3) is 0 Å². The van der Waals surface area contributed by atoms with E-state index in [1.165, 1.54) is 12.1 Å². The average Bonchev–Trinajstić information content (AvgIpc) is 3.28. The van der Waals surface area contributed by atoms with Crippen LogP contribution in [0.15, 0.2) is 84.0 Å². The second-order valence-corrected chi connectivity index (χ2v) is 6.63. The van der Waals surface area contributed by atoms with Gasteiger partial charge in [-0.05, 0) is 12.1 Å². The highest BCUT2D eigenvalue weighted by Gasteiger charge is 2.60. The van der Waals surface area contributed by atoms with Crippen molar-refractivity contribution < 1.29 is 14.6 Å². The maximum atomic E-state index is 13.1. The molecule has 0 fully saturated rings. The number of para-hydroxylation sites is 1. The van der Waals surface area contributed by atoms with Gasteiger partial charge in [-0.25, -0.2) is 0 Å². The normalized spacial score (nSPS) is 19.5. The molecule has 0 radical (unpaired) electrons. The predicted molar refractivity (Wildman–Crippen MR) is 106 cm³/mol. The molecule has 1 N–H and O–H groups in total. The Kier molecular flexibility index (Phi) is 3.60. The van der Waals surface area contributed by atoms with Gasteiger partial charge in [-0.1, -0.05) is 59.8 Å². The van der Waals surface area contributed by atoms with Crippen LogP contribution in [-0.2, 0) is 15.4 Å². The van der Waals surface area contributed by atoms with Crippen LogP contribution in [0.3, 0.4) is 0 Å². The number of nitro benzene ring substituents is 1. The first kappa shape index (κ1) is 16.9. The van der Waals surface area contributed by atoms with E-state index in [2.05, 4.69) is 10.5 Å². The number of fused-ring (bicyclic) bond motifs is 2. The Balaban J connectivity index is 1.75. The second kappa shape index (κ2) is 6.16. The Labute approximate surface area is 165 Å². The van der Waals surface area contributed by atoms with E-state index in [1.54, 1.807) is 35.2 Å². The summed E-state index contributed by atoms with van der Waals surface area (Å²) in [4.78, 5) is 31.4. The van der Waals surface area contributed by atoms with Crippen molar-refractivity contribution in [2.45, 2.75) is 5.72 Å². The lowest BCUT2D eigenvalue weighted by Gasteiger charge is -2.32. The lowest BCUT2D eigenvalue weighted by atomic mass is 10.00. The molecule has 0 saturated carbocycles. The quantitative estimate of drug-likeness (QED) is 0.548. The topological polar surface area (TPSA) is 97.1 Å². The van der Waals surface area contributed by atoms with Gasteiger partial charge in [0.05, 0.1) is 21.9 Å². The molecule has 1 amide bonds. The lowest BCUT2D eigenvalue weighted by molar-refractivity contribution is -0.384. The fourth-order valence-corrected chi connectivity index (χ4v) is 3.69. The van der Waals surface area contributed by atoms with E-state index in [9.17, 15) is 14.9 Å². The summed E-state index contributed by atoms with van der Waals surface area (Å²) in [6.07, 6.45) is 0. The maximum absolute atomic E-state index is 13.1. The van der Waals surface area contributed by atoms with Crippen LogP contribution >= 0.6 is 0 Å². The van der Waals surface area contributed by atoms with Gasteiger partial charge in [0.15, 0.2) is 5.84 Å². The van der Waals surface area contributed by atoms with E-state index in [0.717, 1.165) is 0 Å². The van der Waals surface area contributed by atoms with Gasteiger partial charge in [0.1, 0.15) is 0 Å². The number of nitrogens with one attached hydrogen (secondary N) is 1. The Morgan fingerprint density at radius 1 is 1.00 bits per heavy atom. The van der Waals surface area contributed by atoms with Crippen molar-refractivity contribution in [1.29, 1.82) is 0 Å². The van der Waals surface area contributed by atoms with Crippen LogP contribution in [0.5, 0.6) is 0 Å². The Morgan fingerprint density at radius 3 is 2.55 bits per heavy atom. The molecule has 5 rings (SSSR count). The minimum absolute atomic E-state index is 0.0938. The number of anilines is 2. The number of rotatable bonds is 3. The van der Waals surface area contributed by atoms with E-state index >= 15 is 0 Å². The summed E-state index contributed by atoms with van der Waals surface area (Å²) < 4.78 is 0. The highest BCUT2D eigenvalue weighted by Crippen LogP contribution is 2.47. The van der Waals surface area contributed by atoms with Gasteiger partial charge < -0.3 is 10.2 Å². The van der Waals surface area contributed by atoms with Gasteiger partial charge in [0.25, 0.3) is 11.6 Å². The van der Waals surface area contributed by atoms with Crippen LogP contribution in [0.1, 0.15) is 11.1 Å². The molecule has 3 aromatic rings.